The van der Waals surface area contributed by atoms with Crippen molar-refractivity contribution in [3.05, 3.63) is 42.4 Å². The van der Waals surface area contributed by atoms with Crippen LogP contribution < -0.4 is 4.74 Å². The molecule has 1 saturated carbocycles. The summed E-state index contributed by atoms with van der Waals surface area (Å²) in [6, 6.07) is 9.45. The molecule has 3 heterocycles. The maximum absolute atomic E-state index is 12.7. The normalized spacial score (nSPS) is 20.0. The zero-order chi connectivity index (χ0) is 19.8. The smallest absolute Gasteiger partial charge is 0.280 e. The molecule has 0 spiro atoms. The second kappa shape index (κ2) is 7.31. The van der Waals surface area contributed by atoms with Crippen LogP contribution in [0.1, 0.15) is 44.0 Å². The summed E-state index contributed by atoms with van der Waals surface area (Å²) in [6.45, 7) is 3.01. The number of carbonyl (C=O) groups excluding carboxylic acids is 1. The van der Waals surface area contributed by atoms with E-state index in [0.717, 1.165) is 25.1 Å². The highest BCUT2D eigenvalue weighted by Gasteiger charge is 2.32. The Labute approximate surface area is 167 Å². The first-order valence-electron chi connectivity index (χ1n) is 9.93. The average molecular weight is 394 g/mol. The van der Waals surface area contributed by atoms with Crippen molar-refractivity contribution in [2.45, 2.75) is 44.2 Å². The van der Waals surface area contributed by atoms with Crippen molar-refractivity contribution in [3.63, 3.8) is 0 Å². The van der Waals surface area contributed by atoms with Gasteiger partial charge in [-0.3, -0.25) is 4.79 Å². The van der Waals surface area contributed by atoms with Crippen LogP contribution in [-0.2, 0) is 4.79 Å². The van der Waals surface area contributed by atoms with Crippen molar-refractivity contribution in [1.29, 1.82) is 0 Å². The van der Waals surface area contributed by atoms with Crippen molar-refractivity contribution < 1.29 is 14.1 Å². The Hall–Kier alpha value is -3.23. The fourth-order valence-electron chi connectivity index (χ4n) is 3.57. The van der Waals surface area contributed by atoms with Gasteiger partial charge in [-0.15, -0.1) is 5.10 Å². The van der Waals surface area contributed by atoms with Crippen LogP contribution in [0.2, 0.25) is 0 Å². The van der Waals surface area contributed by atoms with Crippen LogP contribution in [0.5, 0.6) is 5.75 Å². The summed E-state index contributed by atoms with van der Waals surface area (Å²) in [5.74, 6) is 2.24. The summed E-state index contributed by atoms with van der Waals surface area (Å²) in [7, 11) is 0. The monoisotopic (exact) mass is 394 g/mol. The van der Waals surface area contributed by atoms with E-state index in [-0.39, 0.29) is 11.9 Å². The molecule has 5 rings (SSSR count). The predicted octanol–water partition coefficient (Wildman–Crippen LogP) is 2.45. The summed E-state index contributed by atoms with van der Waals surface area (Å²) in [4.78, 5) is 19.0. The van der Waals surface area contributed by atoms with Crippen LogP contribution in [0.3, 0.4) is 0 Å². The molecule has 3 aromatic rings. The summed E-state index contributed by atoms with van der Waals surface area (Å²) in [6.07, 6.45) is 4.31. The van der Waals surface area contributed by atoms with E-state index >= 15 is 0 Å². The van der Waals surface area contributed by atoms with Crippen LogP contribution in [0, 0.1) is 0 Å². The molecule has 2 aliphatic rings. The van der Waals surface area contributed by atoms with E-state index in [4.69, 9.17) is 9.26 Å². The summed E-state index contributed by atoms with van der Waals surface area (Å²) in [5.41, 5.74) is 0.565. The van der Waals surface area contributed by atoms with Crippen LogP contribution in [0.15, 0.2) is 41.1 Å². The van der Waals surface area contributed by atoms with Gasteiger partial charge in [-0.1, -0.05) is 28.6 Å². The van der Waals surface area contributed by atoms with Crippen molar-refractivity contribution in [3.8, 4) is 17.3 Å². The SMILES string of the molecule is C[C@@H](Oc1ccccc1)C(=O)N1CC[C@H](n2cc(-c3nc(C4CC4)no3)nn2)C1. The van der Waals surface area contributed by atoms with Gasteiger partial charge < -0.3 is 14.2 Å². The third-order valence-electron chi connectivity index (χ3n) is 5.37. The first-order valence-corrected chi connectivity index (χ1v) is 9.93. The molecular weight excluding hydrogens is 372 g/mol. The fraction of sp³-hybridized carbons (Fsp3) is 0.450. The molecule has 150 valence electrons. The zero-order valence-electron chi connectivity index (χ0n) is 16.1. The van der Waals surface area contributed by atoms with E-state index < -0.39 is 6.10 Å². The molecule has 29 heavy (non-hydrogen) atoms. The topological polar surface area (TPSA) is 99.2 Å². The molecule has 0 radical (unpaired) electrons. The lowest BCUT2D eigenvalue weighted by atomic mass is 10.3. The number of para-hydroxylation sites is 1. The first-order chi connectivity index (χ1) is 14.2. The van der Waals surface area contributed by atoms with Crippen molar-refractivity contribution in [1.82, 2.24) is 30.0 Å². The largest absolute Gasteiger partial charge is 0.481 e. The van der Waals surface area contributed by atoms with Gasteiger partial charge in [0.05, 0.1) is 12.2 Å². The summed E-state index contributed by atoms with van der Waals surface area (Å²) < 4.78 is 12.9. The maximum Gasteiger partial charge on any atom is 0.280 e. The van der Waals surface area contributed by atoms with E-state index in [2.05, 4.69) is 20.5 Å². The zero-order valence-corrected chi connectivity index (χ0v) is 16.1. The number of carbonyl (C=O) groups is 1. The van der Waals surface area contributed by atoms with Gasteiger partial charge in [0.1, 0.15) is 5.75 Å². The minimum Gasteiger partial charge on any atom is -0.481 e. The molecule has 0 bridgehead atoms. The van der Waals surface area contributed by atoms with Gasteiger partial charge in [0.25, 0.3) is 11.8 Å². The van der Waals surface area contributed by atoms with Gasteiger partial charge in [-0.05, 0) is 38.3 Å². The van der Waals surface area contributed by atoms with E-state index in [0.29, 0.717) is 36.3 Å². The number of aromatic nitrogens is 5. The second-order valence-corrected chi connectivity index (χ2v) is 7.62. The number of benzene rings is 1. The number of ether oxygens (including phenoxy) is 1. The van der Waals surface area contributed by atoms with E-state index in [1.54, 1.807) is 11.6 Å². The molecule has 9 heteroatoms. The molecule has 0 unspecified atom stereocenters. The Morgan fingerprint density at radius 2 is 2.07 bits per heavy atom. The number of hydrogen-bond acceptors (Lipinski definition) is 7. The van der Waals surface area contributed by atoms with E-state index in [9.17, 15) is 4.79 Å². The van der Waals surface area contributed by atoms with Crippen molar-refractivity contribution in [2.24, 2.45) is 0 Å². The Morgan fingerprint density at radius 1 is 1.24 bits per heavy atom. The van der Waals surface area contributed by atoms with Gasteiger partial charge in [0.15, 0.2) is 17.6 Å². The van der Waals surface area contributed by atoms with Crippen molar-refractivity contribution >= 4 is 5.91 Å². The molecule has 2 aromatic heterocycles. The van der Waals surface area contributed by atoms with Crippen molar-refractivity contribution in [2.75, 3.05) is 13.1 Å². The second-order valence-electron chi connectivity index (χ2n) is 7.62. The molecule has 2 fully saturated rings. The minimum atomic E-state index is -0.540. The maximum atomic E-state index is 12.7. The van der Waals surface area contributed by atoms with Gasteiger partial charge in [-0.2, -0.15) is 4.98 Å². The highest BCUT2D eigenvalue weighted by atomic mass is 16.5. The first kappa shape index (κ1) is 17.8. The quantitative estimate of drug-likeness (QED) is 0.633. The van der Waals surface area contributed by atoms with Gasteiger partial charge in [-0.25, -0.2) is 4.68 Å². The van der Waals surface area contributed by atoms with Crippen LogP contribution >= 0.6 is 0 Å². The van der Waals surface area contributed by atoms with Crippen LogP contribution in [-0.4, -0.2) is 55.1 Å². The standard InChI is InChI=1S/C20H22N6O3/c1-13(28-16-5-3-2-4-6-16)20(27)25-10-9-15(11-25)26-12-17(22-24-26)19-21-18(23-29-19)14-7-8-14/h2-6,12-15H,7-11H2,1H3/t13-,15+/m1/s1. The number of rotatable bonds is 6. The predicted molar refractivity (Wildman–Crippen MR) is 102 cm³/mol. The Balaban J connectivity index is 1.21. The fourth-order valence-corrected chi connectivity index (χ4v) is 3.57. The third-order valence-corrected chi connectivity index (χ3v) is 5.37. The van der Waals surface area contributed by atoms with Crippen LogP contribution in [0.25, 0.3) is 11.6 Å². The third kappa shape index (κ3) is 3.72. The highest BCUT2D eigenvalue weighted by molar-refractivity contribution is 5.81. The Bertz CT molecular complexity index is 997. The molecule has 1 aliphatic heterocycles. The average Bonchev–Trinajstić information content (AvgIpc) is 3.17. The lowest BCUT2D eigenvalue weighted by Crippen LogP contribution is -2.39. The molecule has 1 aliphatic carbocycles. The number of likely N-dealkylation sites (tertiary alicyclic amines) is 1. The molecular formula is C20H22N6O3. The molecule has 1 aromatic carbocycles. The highest BCUT2D eigenvalue weighted by Crippen LogP contribution is 2.38. The molecule has 9 nitrogen and oxygen atoms in total. The minimum absolute atomic E-state index is 0.0253. The molecule has 2 atom stereocenters. The molecule has 0 N–H and O–H groups in total. The lowest BCUT2D eigenvalue weighted by Gasteiger charge is -2.21. The molecule has 1 saturated heterocycles. The van der Waals surface area contributed by atoms with Gasteiger partial charge in [0, 0.05) is 19.0 Å². The van der Waals surface area contributed by atoms with Gasteiger partial charge >= 0.3 is 0 Å². The summed E-state index contributed by atoms with van der Waals surface area (Å²) >= 11 is 0. The Kier molecular flexibility index (Phi) is 4.49. The van der Waals surface area contributed by atoms with Crippen LogP contribution in [0.4, 0.5) is 0 Å². The number of amides is 1. The number of hydrogen-bond donors (Lipinski definition) is 0. The van der Waals surface area contributed by atoms with E-state index in [1.807, 2.05) is 41.4 Å². The van der Waals surface area contributed by atoms with E-state index in [1.165, 1.54) is 0 Å². The lowest BCUT2D eigenvalue weighted by molar-refractivity contribution is -0.136. The van der Waals surface area contributed by atoms with Gasteiger partial charge in [0.2, 0.25) is 0 Å². The Morgan fingerprint density at radius 3 is 2.86 bits per heavy atom. The molecule has 1 amide bonds. The summed E-state index contributed by atoms with van der Waals surface area (Å²) in [5, 5.41) is 12.4. The number of nitrogens with zero attached hydrogens (tertiary/aromatic N) is 6.